The molecule has 0 fully saturated rings. The van der Waals surface area contributed by atoms with Gasteiger partial charge in [0, 0.05) is 24.9 Å². The van der Waals surface area contributed by atoms with E-state index in [4.69, 9.17) is 5.26 Å². The number of aromatic nitrogens is 4. The van der Waals surface area contributed by atoms with Gasteiger partial charge in [0.2, 0.25) is 0 Å². The highest BCUT2D eigenvalue weighted by Gasteiger charge is 2.23. The third-order valence-corrected chi connectivity index (χ3v) is 8.22. The average Bonchev–Trinajstić information content (AvgIpc) is 3.27. The van der Waals surface area contributed by atoms with Crippen LogP contribution in [0.25, 0.3) is 11.2 Å². The number of fused-ring (bicyclic) bond motifs is 1. The Bertz CT molecular complexity index is 1560. The first kappa shape index (κ1) is 26.8. The van der Waals surface area contributed by atoms with Crippen molar-refractivity contribution in [1.82, 2.24) is 19.3 Å². The monoisotopic (exact) mass is 654 g/mol. The number of nitrogens with zero attached hydrogens (tertiary/aromatic N) is 6. The molecule has 0 aliphatic carbocycles. The first-order valence-electron chi connectivity index (χ1n) is 10.4. The van der Waals surface area contributed by atoms with Gasteiger partial charge in [0.05, 0.1) is 23.4 Å². The Morgan fingerprint density at radius 3 is 2.59 bits per heavy atom. The second-order valence-corrected chi connectivity index (χ2v) is 11.0. The molecule has 0 spiro atoms. The van der Waals surface area contributed by atoms with Crippen LogP contribution in [-0.4, -0.2) is 43.1 Å². The van der Waals surface area contributed by atoms with E-state index in [0.29, 0.717) is 34.7 Å². The third kappa shape index (κ3) is 5.68. The molecular formula is C22H18F2IN8O2PS. The van der Waals surface area contributed by atoms with Crippen molar-refractivity contribution in [3.63, 3.8) is 0 Å². The number of hydrogen-bond acceptors (Lipinski definition) is 8. The molecule has 2 atom stereocenters. The van der Waals surface area contributed by atoms with E-state index in [1.165, 1.54) is 14.9 Å². The lowest BCUT2D eigenvalue weighted by Gasteiger charge is -2.21. The summed E-state index contributed by atoms with van der Waals surface area (Å²) in [5.41, 5.74) is 2.25. The number of carbonyl (C=O) groups excluding carboxylic acids is 1. The molecule has 190 valence electrons. The molecule has 1 aromatic carbocycles. The van der Waals surface area contributed by atoms with E-state index in [0.717, 1.165) is 0 Å². The summed E-state index contributed by atoms with van der Waals surface area (Å²) in [4.78, 5) is 24.2. The molecule has 0 radical (unpaired) electrons. The number of imidazole rings is 1. The van der Waals surface area contributed by atoms with E-state index in [1.807, 2.05) is 28.1 Å². The number of nitriles is 1. The topological polar surface area (TPSA) is 129 Å². The SMILES string of the molecule is CN(c1cc(C=O)ccc1Nc1cc(Nc2cccc(C#N)n2)nc2c1nc(C(F)F)n2PI)S(C)=O. The molecule has 4 aromatic rings. The van der Waals surface area contributed by atoms with E-state index in [-0.39, 0.29) is 29.0 Å². The highest BCUT2D eigenvalue weighted by molar-refractivity contribution is 14.2. The predicted molar refractivity (Wildman–Crippen MR) is 150 cm³/mol. The number of aldehydes is 1. The summed E-state index contributed by atoms with van der Waals surface area (Å²) in [5, 5.41) is 15.4. The van der Waals surface area contributed by atoms with Crippen molar-refractivity contribution in [2.45, 2.75) is 6.43 Å². The summed E-state index contributed by atoms with van der Waals surface area (Å²) < 4.78 is 42.7. The molecule has 15 heteroatoms. The lowest BCUT2D eigenvalue weighted by atomic mass is 10.1. The van der Waals surface area contributed by atoms with Gasteiger partial charge < -0.3 is 10.6 Å². The summed E-state index contributed by atoms with van der Waals surface area (Å²) in [6, 6.07) is 13.2. The maximum atomic E-state index is 13.8. The third-order valence-electron chi connectivity index (χ3n) is 5.19. The Morgan fingerprint density at radius 1 is 1.16 bits per heavy atom. The Kier molecular flexibility index (Phi) is 8.25. The number of alkyl halides is 2. The summed E-state index contributed by atoms with van der Waals surface area (Å²) in [6.45, 7) is 0. The predicted octanol–water partition coefficient (Wildman–Crippen LogP) is 5.46. The largest absolute Gasteiger partial charge is 0.352 e. The Hall–Kier alpha value is -3.28. The van der Waals surface area contributed by atoms with E-state index in [2.05, 4.69) is 25.6 Å². The zero-order valence-electron chi connectivity index (χ0n) is 19.2. The number of carbonyl (C=O) groups is 1. The van der Waals surface area contributed by atoms with Crippen molar-refractivity contribution in [3.8, 4) is 6.07 Å². The number of anilines is 5. The van der Waals surface area contributed by atoms with Gasteiger partial charge in [-0.15, -0.1) is 0 Å². The molecule has 37 heavy (non-hydrogen) atoms. The fourth-order valence-corrected chi connectivity index (χ4v) is 5.75. The fraction of sp³-hybridized carbons (Fsp3) is 0.136. The molecule has 3 heterocycles. The molecule has 0 aliphatic rings. The second kappa shape index (κ2) is 11.4. The Balaban J connectivity index is 1.89. The van der Waals surface area contributed by atoms with E-state index < -0.39 is 23.2 Å². The Labute approximate surface area is 227 Å². The van der Waals surface area contributed by atoms with Gasteiger partial charge in [0.25, 0.3) is 6.43 Å². The summed E-state index contributed by atoms with van der Waals surface area (Å²) in [5.74, 6) is 0.182. The van der Waals surface area contributed by atoms with Crippen LogP contribution in [0.2, 0.25) is 0 Å². The zero-order chi connectivity index (χ0) is 26.7. The Morgan fingerprint density at radius 2 is 1.95 bits per heavy atom. The number of benzene rings is 1. The van der Waals surface area contributed by atoms with Crippen LogP contribution in [0.5, 0.6) is 0 Å². The van der Waals surface area contributed by atoms with Gasteiger partial charge in [-0.2, -0.15) is 5.26 Å². The molecule has 0 bridgehead atoms. The maximum Gasteiger partial charge on any atom is 0.295 e. The summed E-state index contributed by atoms with van der Waals surface area (Å²) in [7, 11) is 0.197. The summed E-state index contributed by atoms with van der Waals surface area (Å²) >= 11 is 1.98. The van der Waals surface area contributed by atoms with Crippen LogP contribution in [0.4, 0.5) is 37.5 Å². The number of pyridine rings is 2. The van der Waals surface area contributed by atoms with Crippen LogP contribution in [0.15, 0.2) is 42.5 Å². The molecule has 0 saturated carbocycles. The molecule has 2 N–H and O–H groups in total. The van der Waals surface area contributed by atoms with E-state index in [1.54, 1.807) is 49.5 Å². The van der Waals surface area contributed by atoms with Crippen LogP contribution in [0, 0.1) is 11.3 Å². The highest BCUT2D eigenvalue weighted by Crippen LogP contribution is 2.39. The first-order chi connectivity index (χ1) is 17.7. The standard InChI is InChI=1S/C22H18F2IN8O2PS/c1-32(37(2)35)16-8-12(11-34)6-7-14(16)28-15-9-18(29-17-5-3-4-13(10-26)27-17)30-21-19(15)31-22(20(23)24)33(21)36-25/h3-9,11,20,36H,1-2H3,(H2,27,28,29,30). The number of rotatable bonds is 9. The molecule has 3 aromatic heterocycles. The van der Waals surface area contributed by atoms with Crippen LogP contribution in [0.1, 0.15) is 28.3 Å². The number of hydrogen-bond donors (Lipinski definition) is 2. The van der Waals surface area contributed by atoms with Crippen molar-refractivity contribution in [2.24, 2.45) is 0 Å². The molecule has 10 nitrogen and oxygen atoms in total. The minimum atomic E-state index is -2.83. The molecule has 0 saturated heterocycles. The van der Waals surface area contributed by atoms with Crippen LogP contribution >= 0.6 is 28.4 Å². The van der Waals surface area contributed by atoms with Gasteiger partial charge in [-0.1, -0.05) is 6.07 Å². The van der Waals surface area contributed by atoms with Crippen LogP contribution in [0.3, 0.4) is 0 Å². The van der Waals surface area contributed by atoms with Crippen molar-refractivity contribution < 1.29 is 17.8 Å². The van der Waals surface area contributed by atoms with Crippen LogP contribution < -0.4 is 14.9 Å². The smallest absolute Gasteiger partial charge is 0.295 e. The molecular weight excluding hydrogens is 636 g/mol. The molecule has 4 rings (SSSR count). The van der Waals surface area contributed by atoms with Gasteiger partial charge in [-0.25, -0.2) is 27.9 Å². The molecule has 2 unspecified atom stereocenters. The minimum Gasteiger partial charge on any atom is -0.352 e. The van der Waals surface area contributed by atoms with Gasteiger partial charge in [-0.05, 0) is 52.4 Å². The quantitative estimate of drug-likeness (QED) is 0.139. The molecule has 0 aliphatic heterocycles. The number of halogens is 3. The van der Waals surface area contributed by atoms with Gasteiger partial charge in [0.1, 0.15) is 46.2 Å². The van der Waals surface area contributed by atoms with Crippen molar-refractivity contribution in [2.75, 3.05) is 28.2 Å². The second-order valence-electron chi connectivity index (χ2n) is 7.50. The lowest BCUT2D eigenvalue weighted by molar-refractivity contribution is 0.112. The van der Waals surface area contributed by atoms with Gasteiger partial charge in [0.15, 0.2) is 11.5 Å². The van der Waals surface area contributed by atoms with Crippen molar-refractivity contribution in [1.29, 1.82) is 5.26 Å². The van der Waals surface area contributed by atoms with Crippen molar-refractivity contribution >= 4 is 85.5 Å². The lowest BCUT2D eigenvalue weighted by Crippen LogP contribution is -2.20. The van der Waals surface area contributed by atoms with E-state index >= 15 is 0 Å². The number of nitrogens with one attached hydrogen (secondary N) is 2. The van der Waals surface area contributed by atoms with Crippen molar-refractivity contribution in [3.05, 3.63) is 59.5 Å². The fourth-order valence-electron chi connectivity index (χ4n) is 3.42. The normalized spacial score (nSPS) is 12.1. The van der Waals surface area contributed by atoms with Gasteiger partial charge in [-0.3, -0.25) is 13.4 Å². The maximum absolute atomic E-state index is 13.8. The first-order valence-corrected chi connectivity index (χ1v) is 16.0. The molecule has 0 amide bonds. The van der Waals surface area contributed by atoms with Gasteiger partial charge >= 0.3 is 0 Å². The van der Waals surface area contributed by atoms with E-state index in [9.17, 15) is 17.8 Å². The minimum absolute atomic E-state index is 0.105. The highest BCUT2D eigenvalue weighted by atomic mass is 127. The van der Waals surface area contributed by atoms with Crippen LogP contribution in [-0.2, 0) is 11.0 Å². The summed E-state index contributed by atoms with van der Waals surface area (Å²) in [6.07, 6.45) is -0.769. The zero-order valence-corrected chi connectivity index (χ0v) is 23.2. The average molecular weight is 654 g/mol.